The van der Waals surface area contributed by atoms with E-state index in [1.807, 2.05) is 6.07 Å². The smallest absolute Gasteiger partial charge is 0.255 e. The maximum atomic E-state index is 12.9. The van der Waals surface area contributed by atoms with Gasteiger partial charge in [0.15, 0.2) is 0 Å². The molecule has 0 unspecified atom stereocenters. The van der Waals surface area contributed by atoms with Crippen LogP contribution in [0.25, 0.3) is 22.3 Å². The summed E-state index contributed by atoms with van der Waals surface area (Å²) in [6, 6.07) is 10.2. The van der Waals surface area contributed by atoms with Crippen LogP contribution in [-0.2, 0) is 10.0 Å². The molecule has 2 aliphatic carbocycles. The first-order valence-corrected chi connectivity index (χ1v) is 13.2. The van der Waals surface area contributed by atoms with Gasteiger partial charge >= 0.3 is 0 Å². The van der Waals surface area contributed by atoms with Crippen LogP contribution >= 0.6 is 0 Å². The van der Waals surface area contributed by atoms with Crippen molar-refractivity contribution < 1.29 is 22.7 Å². The monoisotopic (exact) mass is 468 g/mol. The van der Waals surface area contributed by atoms with Crippen LogP contribution in [0.3, 0.4) is 0 Å². The van der Waals surface area contributed by atoms with E-state index in [1.54, 1.807) is 41.7 Å². The highest BCUT2D eigenvalue weighted by Crippen LogP contribution is 2.49. The van der Waals surface area contributed by atoms with Crippen molar-refractivity contribution in [3.8, 4) is 17.1 Å². The van der Waals surface area contributed by atoms with Crippen molar-refractivity contribution in [3.63, 3.8) is 0 Å². The third kappa shape index (κ3) is 3.97. The maximum absolute atomic E-state index is 12.9. The Balaban J connectivity index is 1.76. The van der Waals surface area contributed by atoms with Crippen LogP contribution in [0.2, 0.25) is 0 Å². The van der Waals surface area contributed by atoms with Crippen LogP contribution in [0.15, 0.2) is 40.8 Å². The molecule has 1 heterocycles. The second kappa shape index (κ2) is 8.09. The number of fused-ring (bicyclic) bond motifs is 1. The number of hydrogen-bond acceptors (Lipinski definition) is 5. The normalized spacial score (nSPS) is 16.9. The van der Waals surface area contributed by atoms with Gasteiger partial charge in [0, 0.05) is 30.1 Å². The first kappa shape index (κ1) is 21.8. The number of carbonyl (C=O) groups is 1. The average Bonchev–Trinajstić information content (AvgIpc) is 3.35. The highest BCUT2D eigenvalue weighted by atomic mass is 32.2. The fraction of sp³-hybridized carbons (Fsp3) is 0.400. The van der Waals surface area contributed by atoms with Gasteiger partial charge in [0.1, 0.15) is 17.1 Å². The Hall–Kier alpha value is -3.00. The molecule has 0 saturated heterocycles. The number of carbonyl (C=O) groups excluding carboxylic acids is 1. The molecule has 2 aromatic carbocycles. The van der Waals surface area contributed by atoms with Gasteiger partial charge in [-0.1, -0.05) is 12.8 Å². The highest BCUT2D eigenvalue weighted by Gasteiger charge is 2.36. The van der Waals surface area contributed by atoms with E-state index < -0.39 is 10.0 Å². The molecule has 0 spiro atoms. The number of anilines is 1. The van der Waals surface area contributed by atoms with Gasteiger partial charge in [0.05, 0.1) is 17.5 Å². The average molecular weight is 469 g/mol. The second-order valence-electron chi connectivity index (χ2n) is 9.11. The molecule has 0 aliphatic heterocycles. The zero-order valence-corrected chi connectivity index (χ0v) is 19.6. The van der Waals surface area contributed by atoms with Crippen molar-refractivity contribution in [2.24, 2.45) is 0 Å². The van der Waals surface area contributed by atoms with Gasteiger partial charge in [0.2, 0.25) is 10.0 Å². The lowest BCUT2D eigenvalue weighted by molar-refractivity contribution is 0.0964. The van der Waals surface area contributed by atoms with Gasteiger partial charge in [0.25, 0.3) is 5.91 Å². The molecule has 7 nitrogen and oxygen atoms in total. The van der Waals surface area contributed by atoms with Gasteiger partial charge in [-0.15, -0.1) is 0 Å². The number of hydrogen-bond donors (Lipinski definition) is 2. The molecular formula is C25H28N2O5S. The SMILES string of the molecule is CNC(=O)c1c(-c2ccc(O)cc2)oc2cc(N(C3CCCC3)S(C)(=O)=O)c(C3CC3)cc12. The molecule has 174 valence electrons. The third-order valence-electron chi connectivity index (χ3n) is 6.69. The minimum Gasteiger partial charge on any atom is -0.508 e. The number of nitrogens with zero attached hydrogens (tertiary/aromatic N) is 1. The quantitative estimate of drug-likeness (QED) is 0.544. The number of benzene rings is 2. The molecule has 3 aromatic rings. The molecule has 1 amide bonds. The van der Waals surface area contributed by atoms with E-state index in [0.717, 1.165) is 44.1 Å². The number of phenolic OH excluding ortho intramolecular Hbond substituents is 1. The van der Waals surface area contributed by atoms with E-state index >= 15 is 0 Å². The summed E-state index contributed by atoms with van der Waals surface area (Å²) in [5.74, 6) is 0.520. The Morgan fingerprint density at radius 3 is 2.33 bits per heavy atom. The molecule has 2 aliphatic rings. The molecule has 2 N–H and O–H groups in total. The molecular weight excluding hydrogens is 440 g/mol. The summed E-state index contributed by atoms with van der Waals surface area (Å²) in [5.41, 5.74) is 3.19. The van der Waals surface area contributed by atoms with E-state index in [9.17, 15) is 18.3 Å². The van der Waals surface area contributed by atoms with Crippen molar-refractivity contribution in [2.75, 3.05) is 17.6 Å². The van der Waals surface area contributed by atoms with Crippen LogP contribution in [0.1, 0.15) is 60.4 Å². The van der Waals surface area contributed by atoms with Crippen LogP contribution in [-0.4, -0.2) is 38.8 Å². The van der Waals surface area contributed by atoms with Gasteiger partial charge < -0.3 is 14.8 Å². The number of sulfonamides is 1. The number of aromatic hydroxyl groups is 1. The first-order valence-electron chi connectivity index (χ1n) is 11.4. The summed E-state index contributed by atoms with van der Waals surface area (Å²) in [6.45, 7) is 0. The Morgan fingerprint density at radius 1 is 1.09 bits per heavy atom. The summed E-state index contributed by atoms with van der Waals surface area (Å²) >= 11 is 0. The van der Waals surface area contributed by atoms with Crippen molar-refractivity contribution in [1.82, 2.24) is 5.32 Å². The lowest BCUT2D eigenvalue weighted by Crippen LogP contribution is -2.38. The summed E-state index contributed by atoms with van der Waals surface area (Å²) in [6.07, 6.45) is 6.99. The lowest BCUT2D eigenvalue weighted by atomic mass is 10.00. The molecule has 5 rings (SSSR count). The minimum atomic E-state index is -3.49. The zero-order valence-electron chi connectivity index (χ0n) is 18.8. The van der Waals surface area contributed by atoms with Gasteiger partial charge in [-0.2, -0.15) is 0 Å². The molecule has 0 bridgehead atoms. The predicted molar refractivity (Wildman–Crippen MR) is 128 cm³/mol. The van der Waals surface area contributed by atoms with E-state index in [2.05, 4.69) is 5.32 Å². The Kier molecular flexibility index (Phi) is 5.35. The number of nitrogens with one attached hydrogen (secondary N) is 1. The van der Waals surface area contributed by atoms with Gasteiger partial charge in [-0.3, -0.25) is 9.10 Å². The van der Waals surface area contributed by atoms with Crippen LogP contribution in [0, 0.1) is 0 Å². The van der Waals surface area contributed by atoms with Crippen LogP contribution in [0.4, 0.5) is 5.69 Å². The topological polar surface area (TPSA) is 99.8 Å². The molecule has 0 radical (unpaired) electrons. The number of phenols is 1. The molecule has 2 saturated carbocycles. The first-order chi connectivity index (χ1) is 15.8. The lowest BCUT2D eigenvalue weighted by Gasteiger charge is -2.30. The Labute approximate surface area is 193 Å². The largest absolute Gasteiger partial charge is 0.508 e. The minimum absolute atomic E-state index is 0.0557. The Morgan fingerprint density at radius 2 is 1.76 bits per heavy atom. The predicted octanol–water partition coefficient (Wildman–Crippen LogP) is 4.75. The third-order valence-corrected chi connectivity index (χ3v) is 7.90. The number of amides is 1. The van der Waals surface area contributed by atoms with Gasteiger partial charge in [-0.25, -0.2) is 8.42 Å². The summed E-state index contributed by atoms with van der Waals surface area (Å²) in [5, 5.41) is 13.0. The molecule has 2 fully saturated rings. The van der Waals surface area contributed by atoms with Crippen molar-refractivity contribution in [2.45, 2.75) is 50.5 Å². The summed E-state index contributed by atoms with van der Waals surface area (Å²) in [4.78, 5) is 12.9. The number of furan rings is 1. The molecule has 8 heteroatoms. The number of rotatable bonds is 6. The van der Waals surface area contributed by atoms with E-state index in [-0.39, 0.29) is 23.6 Å². The van der Waals surface area contributed by atoms with E-state index in [4.69, 9.17) is 4.42 Å². The molecule has 0 atom stereocenters. The highest BCUT2D eigenvalue weighted by molar-refractivity contribution is 7.92. The van der Waals surface area contributed by atoms with E-state index in [1.165, 1.54) is 6.26 Å². The van der Waals surface area contributed by atoms with Gasteiger partial charge in [-0.05, 0) is 67.5 Å². The van der Waals surface area contributed by atoms with Crippen molar-refractivity contribution >= 4 is 32.6 Å². The van der Waals surface area contributed by atoms with E-state index in [0.29, 0.717) is 33.5 Å². The molecule has 1 aromatic heterocycles. The van der Waals surface area contributed by atoms with Crippen LogP contribution < -0.4 is 9.62 Å². The fourth-order valence-corrected chi connectivity index (χ4v) is 6.28. The fourth-order valence-electron chi connectivity index (χ4n) is 5.01. The van der Waals surface area contributed by atoms with Crippen LogP contribution in [0.5, 0.6) is 5.75 Å². The van der Waals surface area contributed by atoms with Crippen molar-refractivity contribution in [3.05, 3.63) is 47.5 Å². The zero-order chi connectivity index (χ0) is 23.3. The second-order valence-corrected chi connectivity index (χ2v) is 11.0. The maximum Gasteiger partial charge on any atom is 0.255 e. The summed E-state index contributed by atoms with van der Waals surface area (Å²) < 4.78 is 33.7. The Bertz CT molecular complexity index is 1320. The van der Waals surface area contributed by atoms with Crippen molar-refractivity contribution in [1.29, 1.82) is 0 Å². The summed E-state index contributed by atoms with van der Waals surface area (Å²) in [7, 11) is -1.92. The molecule has 33 heavy (non-hydrogen) atoms. The standard InChI is InChI=1S/C25H28N2O5S/c1-26-25(29)23-20-13-19(15-7-8-15)21(27(33(2,30)31)17-5-3-4-6-17)14-22(20)32-24(23)16-9-11-18(28)12-10-16/h9-15,17,28H,3-8H2,1-2H3,(H,26,29).